The number of anilines is 2. The van der Waals surface area contributed by atoms with Crippen LogP contribution in [0.4, 0.5) is 11.4 Å². The van der Waals surface area contributed by atoms with E-state index in [0.29, 0.717) is 11.7 Å². The van der Waals surface area contributed by atoms with Gasteiger partial charge < -0.3 is 19.5 Å². The maximum absolute atomic E-state index is 5.93. The number of aryl methyl sites for hydroxylation is 4. The van der Waals surface area contributed by atoms with Gasteiger partial charge in [-0.3, -0.25) is 0 Å². The Morgan fingerprint density at radius 3 is 2.59 bits per heavy atom. The molecule has 1 aliphatic heterocycles. The summed E-state index contributed by atoms with van der Waals surface area (Å²) in [5, 5.41) is 4.25. The number of furan rings is 1. The third-order valence-corrected chi connectivity index (χ3v) is 7.00. The molecule has 0 saturated carbocycles. The number of unbranched alkanes of at least 4 members (excludes halogenated alkanes) is 1. The van der Waals surface area contributed by atoms with Gasteiger partial charge >= 0.3 is 0 Å². The fourth-order valence-electron chi connectivity index (χ4n) is 4.98. The Kier molecular flexibility index (Phi) is 7.94. The van der Waals surface area contributed by atoms with Gasteiger partial charge in [-0.25, -0.2) is 0 Å². The molecule has 34 heavy (non-hydrogen) atoms. The molecular formula is C29H37N3OS. The fraction of sp³-hybridized carbons (Fsp3) is 0.414. The Morgan fingerprint density at radius 1 is 1.09 bits per heavy atom. The Hall–Kier alpha value is -2.79. The van der Waals surface area contributed by atoms with E-state index in [2.05, 4.69) is 73.1 Å². The summed E-state index contributed by atoms with van der Waals surface area (Å²) in [5.74, 6) is 0.908. The third-order valence-electron chi connectivity index (χ3n) is 6.64. The summed E-state index contributed by atoms with van der Waals surface area (Å²) in [6.45, 7) is 12.3. The summed E-state index contributed by atoms with van der Waals surface area (Å²) in [6, 6.07) is 15.3. The van der Waals surface area contributed by atoms with Crippen molar-refractivity contribution in [2.45, 2.75) is 66.5 Å². The minimum absolute atomic E-state index is 0.627. The van der Waals surface area contributed by atoms with Crippen molar-refractivity contribution in [3.8, 4) is 0 Å². The predicted molar refractivity (Wildman–Crippen MR) is 147 cm³/mol. The molecule has 0 fully saturated rings. The molecule has 1 aromatic heterocycles. The van der Waals surface area contributed by atoms with E-state index in [-0.39, 0.29) is 0 Å². The smallest absolute Gasteiger partial charge is 0.174 e. The Bertz CT molecular complexity index is 1100. The van der Waals surface area contributed by atoms with Crippen LogP contribution in [0.5, 0.6) is 0 Å². The van der Waals surface area contributed by atoms with Crippen LogP contribution in [0, 0.1) is 20.8 Å². The summed E-state index contributed by atoms with van der Waals surface area (Å²) in [4.78, 5) is 4.76. The quantitative estimate of drug-likeness (QED) is 0.350. The molecule has 1 aliphatic rings. The van der Waals surface area contributed by atoms with Crippen LogP contribution in [0.1, 0.15) is 59.8 Å². The number of rotatable bonds is 8. The number of nitrogens with zero attached hydrogens (tertiary/aromatic N) is 2. The number of nitrogens with one attached hydrogen (secondary N) is 1. The number of benzene rings is 2. The van der Waals surface area contributed by atoms with Gasteiger partial charge in [-0.2, -0.15) is 0 Å². The van der Waals surface area contributed by atoms with Crippen molar-refractivity contribution in [3.63, 3.8) is 0 Å². The van der Waals surface area contributed by atoms with Crippen LogP contribution in [0.25, 0.3) is 0 Å². The molecule has 4 rings (SSSR count). The second-order valence-corrected chi connectivity index (χ2v) is 9.93. The van der Waals surface area contributed by atoms with Gasteiger partial charge in [0.15, 0.2) is 5.11 Å². The van der Waals surface area contributed by atoms with Crippen LogP contribution in [0.2, 0.25) is 0 Å². The van der Waals surface area contributed by atoms with Crippen LogP contribution in [-0.4, -0.2) is 23.1 Å². The molecule has 1 N–H and O–H groups in total. The zero-order chi connectivity index (χ0) is 24.1. The Morgan fingerprint density at radius 2 is 1.88 bits per heavy atom. The van der Waals surface area contributed by atoms with Crippen LogP contribution >= 0.6 is 12.2 Å². The molecule has 0 unspecified atom stereocenters. The highest BCUT2D eigenvalue weighted by atomic mass is 32.1. The molecule has 0 amide bonds. The molecule has 0 atom stereocenters. The third kappa shape index (κ3) is 5.82. The highest BCUT2D eigenvalue weighted by molar-refractivity contribution is 7.80. The first-order valence-electron chi connectivity index (χ1n) is 12.5. The van der Waals surface area contributed by atoms with Gasteiger partial charge in [0.1, 0.15) is 5.76 Å². The molecule has 2 aromatic carbocycles. The van der Waals surface area contributed by atoms with E-state index < -0.39 is 0 Å². The van der Waals surface area contributed by atoms with Gasteiger partial charge in [-0.15, -0.1) is 0 Å². The molecule has 0 saturated heterocycles. The van der Waals surface area contributed by atoms with Crippen molar-refractivity contribution in [1.29, 1.82) is 0 Å². The van der Waals surface area contributed by atoms with E-state index in [1.54, 1.807) is 6.26 Å². The Balaban J connectivity index is 1.55. The fourth-order valence-corrected chi connectivity index (χ4v) is 5.21. The zero-order valence-electron chi connectivity index (χ0n) is 21.0. The molecule has 0 aliphatic carbocycles. The molecule has 180 valence electrons. The SMILES string of the molecule is CCCCN1CCCc2cc(CN(Cc3ccco3)C(=S)Nc3c(C)cc(C)cc3C)ccc21. The second-order valence-electron chi connectivity index (χ2n) is 9.55. The summed E-state index contributed by atoms with van der Waals surface area (Å²) in [6.07, 6.45) is 6.57. The lowest BCUT2D eigenvalue weighted by molar-refractivity contribution is 0.360. The molecule has 5 heteroatoms. The summed E-state index contributed by atoms with van der Waals surface area (Å²) in [5.41, 5.74) is 8.93. The summed E-state index contributed by atoms with van der Waals surface area (Å²) >= 11 is 5.93. The second kappa shape index (κ2) is 11.1. The first-order chi connectivity index (χ1) is 16.4. The van der Waals surface area contributed by atoms with Crippen molar-refractivity contribution in [2.75, 3.05) is 23.3 Å². The lowest BCUT2D eigenvalue weighted by atomic mass is 9.98. The number of fused-ring (bicyclic) bond motifs is 1. The number of hydrogen-bond donors (Lipinski definition) is 1. The molecule has 0 spiro atoms. The summed E-state index contributed by atoms with van der Waals surface area (Å²) < 4.78 is 5.67. The van der Waals surface area contributed by atoms with E-state index in [0.717, 1.165) is 31.0 Å². The molecule has 0 radical (unpaired) electrons. The van der Waals surface area contributed by atoms with Crippen molar-refractivity contribution in [1.82, 2.24) is 4.90 Å². The summed E-state index contributed by atoms with van der Waals surface area (Å²) in [7, 11) is 0. The van der Waals surface area contributed by atoms with Gasteiger partial charge in [-0.1, -0.05) is 43.2 Å². The van der Waals surface area contributed by atoms with Crippen LogP contribution < -0.4 is 10.2 Å². The maximum atomic E-state index is 5.93. The van der Waals surface area contributed by atoms with Crippen molar-refractivity contribution in [3.05, 3.63) is 82.3 Å². The topological polar surface area (TPSA) is 31.6 Å². The average Bonchev–Trinajstić information content (AvgIpc) is 3.32. The predicted octanol–water partition coefficient (Wildman–Crippen LogP) is 7.16. The normalized spacial score (nSPS) is 13.0. The van der Waals surface area contributed by atoms with E-state index in [9.17, 15) is 0 Å². The van der Waals surface area contributed by atoms with Crippen LogP contribution in [-0.2, 0) is 19.5 Å². The molecule has 4 nitrogen and oxygen atoms in total. The number of thiocarbonyl (C=S) groups is 1. The van der Waals surface area contributed by atoms with E-state index >= 15 is 0 Å². The standard InChI is InChI=1S/C29H37N3OS/c1-5-6-13-31-14-7-9-25-18-24(11-12-27(25)31)19-32(20-26-10-8-15-33-26)29(34)30-28-22(3)16-21(2)17-23(28)4/h8,10-12,15-18H,5-7,9,13-14,19-20H2,1-4H3,(H,30,34). The van der Waals surface area contributed by atoms with Crippen LogP contribution in [0.15, 0.2) is 53.1 Å². The van der Waals surface area contributed by atoms with Crippen LogP contribution in [0.3, 0.4) is 0 Å². The highest BCUT2D eigenvalue weighted by Gasteiger charge is 2.19. The van der Waals surface area contributed by atoms with E-state index in [4.69, 9.17) is 16.6 Å². The van der Waals surface area contributed by atoms with Gasteiger partial charge in [0.2, 0.25) is 0 Å². The van der Waals surface area contributed by atoms with Gasteiger partial charge in [0.25, 0.3) is 0 Å². The number of hydrogen-bond acceptors (Lipinski definition) is 3. The van der Waals surface area contributed by atoms with Gasteiger partial charge in [-0.05, 0) is 92.7 Å². The first kappa shape index (κ1) is 24.3. The minimum atomic E-state index is 0.627. The van der Waals surface area contributed by atoms with E-state index in [1.165, 1.54) is 59.3 Å². The largest absolute Gasteiger partial charge is 0.467 e. The lowest BCUT2D eigenvalue weighted by Gasteiger charge is -2.32. The molecule has 2 heterocycles. The van der Waals surface area contributed by atoms with Gasteiger partial charge in [0.05, 0.1) is 12.8 Å². The van der Waals surface area contributed by atoms with Crippen molar-refractivity contribution in [2.24, 2.45) is 0 Å². The molecule has 3 aromatic rings. The maximum Gasteiger partial charge on any atom is 0.174 e. The van der Waals surface area contributed by atoms with E-state index in [1.807, 2.05) is 12.1 Å². The zero-order valence-corrected chi connectivity index (χ0v) is 21.8. The van der Waals surface area contributed by atoms with Gasteiger partial charge in [0, 0.05) is 31.0 Å². The Labute approximate surface area is 210 Å². The molecule has 0 bridgehead atoms. The van der Waals surface area contributed by atoms with Crippen molar-refractivity contribution >= 4 is 28.7 Å². The minimum Gasteiger partial charge on any atom is -0.467 e. The lowest BCUT2D eigenvalue weighted by Crippen LogP contribution is -2.34. The first-order valence-corrected chi connectivity index (χ1v) is 12.9. The molecular weight excluding hydrogens is 438 g/mol. The monoisotopic (exact) mass is 475 g/mol. The highest BCUT2D eigenvalue weighted by Crippen LogP contribution is 2.29. The average molecular weight is 476 g/mol. The van der Waals surface area contributed by atoms with Crippen molar-refractivity contribution < 1.29 is 4.42 Å².